The Morgan fingerprint density at radius 1 is 1.57 bits per heavy atom. The number of hydrogen-bond donors (Lipinski definition) is 1. The first-order chi connectivity index (χ1) is 6.53. The van der Waals surface area contributed by atoms with Crippen LogP contribution in [0.5, 0.6) is 0 Å². The number of ether oxygens (including phenoxy) is 1. The first-order valence-electron chi connectivity index (χ1n) is 5.54. The van der Waals surface area contributed by atoms with Crippen LogP contribution in [0.4, 0.5) is 0 Å². The quantitative estimate of drug-likeness (QED) is 0.703. The minimum absolute atomic E-state index is 0.00236. The number of hydrogen-bond acceptors (Lipinski definition) is 2. The van der Waals surface area contributed by atoms with Gasteiger partial charge in [0.05, 0.1) is 5.60 Å². The lowest BCUT2D eigenvalue weighted by Crippen LogP contribution is -2.24. The molecule has 2 heteroatoms. The molecule has 0 heterocycles. The SMILES string of the molecule is COC(C)(C)CCC1=CC(N)CCC1. The largest absolute Gasteiger partial charge is 0.379 e. The average Bonchev–Trinajstić information content (AvgIpc) is 2.15. The average molecular weight is 197 g/mol. The van der Waals surface area contributed by atoms with Crippen LogP contribution in [0.2, 0.25) is 0 Å². The summed E-state index contributed by atoms with van der Waals surface area (Å²) < 4.78 is 5.40. The highest BCUT2D eigenvalue weighted by molar-refractivity contribution is 5.10. The van der Waals surface area contributed by atoms with E-state index < -0.39 is 0 Å². The van der Waals surface area contributed by atoms with Crippen molar-refractivity contribution < 1.29 is 4.74 Å². The van der Waals surface area contributed by atoms with E-state index in [9.17, 15) is 0 Å². The molecule has 0 aliphatic heterocycles. The Morgan fingerprint density at radius 3 is 2.86 bits per heavy atom. The second-order valence-electron chi connectivity index (χ2n) is 4.84. The lowest BCUT2D eigenvalue weighted by atomic mass is 9.90. The molecule has 1 rings (SSSR count). The first-order valence-corrected chi connectivity index (χ1v) is 5.54. The van der Waals surface area contributed by atoms with Crippen molar-refractivity contribution in [3.05, 3.63) is 11.6 Å². The van der Waals surface area contributed by atoms with Crippen molar-refractivity contribution in [2.75, 3.05) is 7.11 Å². The molecular formula is C12H23NO. The van der Waals surface area contributed by atoms with Crippen LogP contribution in [-0.2, 0) is 4.74 Å². The predicted molar refractivity (Wildman–Crippen MR) is 60.2 cm³/mol. The molecule has 0 fully saturated rings. The summed E-state index contributed by atoms with van der Waals surface area (Å²) >= 11 is 0. The van der Waals surface area contributed by atoms with E-state index in [1.807, 2.05) is 0 Å². The minimum Gasteiger partial charge on any atom is -0.379 e. The van der Waals surface area contributed by atoms with Crippen LogP contribution >= 0.6 is 0 Å². The highest BCUT2D eigenvalue weighted by Gasteiger charge is 2.18. The van der Waals surface area contributed by atoms with Crippen molar-refractivity contribution in [3.63, 3.8) is 0 Å². The molecule has 0 bridgehead atoms. The van der Waals surface area contributed by atoms with E-state index in [1.54, 1.807) is 7.11 Å². The summed E-state index contributed by atoms with van der Waals surface area (Å²) in [6, 6.07) is 0.296. The Balaban J connectivity index is 2.37. The van der Waals surface area contributed by atoms with Crippen molar-refractivity contribution in [2.24, 2.45) is 5.73 Å². The Bertz CT molecular complexity index is 208. The molecule has 1 aliphatic carbocycles. The summed E-state index contributed by atoms with van der Waals surface area (Å²) in [4.78, 5) is 0. The Morgan fingerprint density at radius 2 is 2.29 bits per heavy atom. The number of nitrogens with two attached hydrogens (primary N) is 1. The zero-order chi connectivity index (χ0) is 10.6. The minimum atomic E-state index is 0.00236. The summed E-state index contributed by atoms with van der Waals surface area (Å²) in [5.74, 6) is 0. The fraction of sp³-hybridized carbons (Fsp3) is 0.833. The first kappa shape index (κ1) is 11.7. The fourth-order valence-electron chi connectivity index (χ4n) is 1.81. The van der Waals surface area contributed by atoms with Crippen LogP contribution in [0.3, 0.4) is 0 Å². The molecule has 0 radical (unpaired) electrons. The van der Waals surface area contributed by atoms with Gasteiger partial charge in [0.1, 0.15) is 0 Å². The maximum Gasteiger partial charge on any atom is 0.0625 e. The molecule has 0 saturated carbocycles. The monoisotopic (exact) mass is 197 g/mol. The maximum absolute atomic E-state index is 5.89. The normalized spacial score (nSPS) is 23.4. The molecular weight excluding hydrogens is 174 g/mol. The van der Waals surface area contributed by atoms with Gasteiger partial charge in [0.25, 0.3) is 0 Å². The summed E-state index contributed by atoms with van der Waals surface area (Å²) in [5, 5.41) is 0. The van der Waals surface area contributed by atoms with E-state index in [1.165, 1.54) is 18.4 Å². The zero-order valence-electron chi connectivity index (χ0n) is 9.68. The molecule has 0 spiro atoms. The molecule has 1 unspecified atom stereocenters. The molecule has 14 heavy (non-hydrogen) atoms. The van der Waals surface area contributed by atoms with Crippen molar-refractivity contribution in [2.45, 2.75) is 57.6 Å². The second-order valence-corrected chi connectivity index (χ2v) is 4.84. The van der Waals surface area contributed by atoms with E-state index in [4.69, 9.17) is 10.5 Å². The van der Waals surface area contributed by atoms with Gasteiger partial charge in [0, 0.05) is 13.2 Å². The van der Waals surface area contributed by atoms with Gasteiger partial charge in [-0.2, -0.15) is 0 Å². The standard InChI is InChI=1S/C12H23NO/c1-12(2,14-3)8-7-10-5-4-6-11(13)9-10/h9,11H,4-8,13H2,1-3H3. The lowest BCUT2D eigenvalue weighted by Gasteiger charge is -2.25. The topological polar surface area (TPSA) is 35.2 Å². The molecule has 2 N–H and O–H groups in total. The molecule has 0 aromatic rings. The van der Waals surface area contributed by atoms with Gasteiger partial charge in [-0.1, -0.05) is 11.6 Å². The molecule has 0 amide bonds. The van der Waals surface area contributed by atoms with Crippen LogP contribution in [0.15, 0.2) is 11.6 Å². The Kier molecular flexibility index (Phi) is 4.14. The summed E-state index contributed by atoms with van der Waals surface area (Å²) in [5.41, 5.74) is 7.41. The lowest BCUT2D eigenvalue weighted by molar-refractivity contribution is 0.0155. The molecule has 1 atom stereocenters. The number of allylic oxidation sites excluding steroid dienone is 1. The third kappa shape index (κ3) is 3.81. The number of rotatable bonds is 4. The van der Waals surface area contributed by atoms with Gasteiger partial charge >= 0.3 is 0 Å². The van der Waals surface area contributed by atoms with E-state index in [0.717, 1.165) is 19.3 Å². The second kappa shape index (κ2) is 4.94. The van der Waals surface area contributed by atoms with Gasteiger partial charge in [-0.05, 0) is 46.0 Å². The Labute approximate surface area is 87.5 Å². The van der Waals surface area contributed by atoms with E-state index >= 15 is 0 Å². The maximum atomic E-state index is 5.89. The van der Waals surface area contributed by atoms with Crippen molar-refractivity contribution in [1.82, 2.24) is 0 Å². The van der Waals surface area contributed by atoms with Crippen molar-refractivity contribution in [1.29, 1.82) is 0 Å². The van der Waals surface area contributed by atoms with Gasteiger partial charge in [0.15, 0.2) is 0 Å². The molecule has 0 aromatic heterocycles. The highest BCUT2D eigenvalue weighted by Crippen LogP contribution is 2.25. The molecule has 0 saturated heterocycles. The van der Waals surface area contributed by atoms with E-state index in [2.05, 4.69) is 19.9 Å². The third-order valence-corrected chi connectivity index (χ3v) is 3.09. The van der Waals surface area contributed by atoms with Gasteiger partial charge in [-0.3, -0.25) is 0 Å². The molecule has 0 aromatic carbocycles. The fourth-order valence-corrected chi connectivity index (χ4v) is 1.81. The highest BCUT2D eigenvalue weighted by atomic mass is 16.5. The van der Waals surface area contributed by atoms with Gasteiger partial charge in [0.2, 0.25) is 0 Å². The van der Waals surface area contributed by atoms with Crippen LogP contribution in [-0.4, -0.2) is 18.8 Å². The number of methoxy groups -OCH3 is 1. The van der Waals surface area contributed by atoms with Crippen LogP contribution in [0.25, 0.3) is 0 Å². The van der Waals surface area contributed by atoms with E-state index in [-0.39, 0.29) is 5.60 Å². The van der Waals surface area contributed by atoms with Gasteiger partial charge in [-0.15, -0.1) is 0 Å². The summed E-state index contributed by atoms with van der Waals surface area (Å²) in [6.07, 6.45) is 8.09. The van der Waals surface area contributed by atoms with Crippen molar-refractivity contribution in [3.8, 4) is 0 Å². The molecule has 2 nitrogen and oxygen atoms in total. The van der Waals surface area contributed by atoms with Gasteiger partial charge < -0.3 is 10.5 Å². The third-order valence-electron chi connectivity index (χ3n) is 3.09. The van der Waals surface area contributed by atoms with E-state index in [0.29, 0.717) is 6.04 Å². The van der Waals surface area contributed by atoms with Gasteiger partial charge in [-0.25, -0.2) is 0 Å². The van der Waals surface area contributed by atoms with Crippen LogP contribution in [0.1, 0.15) is 46.0 Å². The van der Waals surface area contributed by atoms with Crippen molar-refractivity contribution >= 4 is 0 Å². The Hall–Kier alpha value is -0.340. The summed E-state index contributed by atoms with van der Waals surface area (Å²) in [7, 11) is 1.78. The molecule has 1 aliphatic rings. The zero-order valence-corrected chi connectivity index (χ0v) is 9.68. The smallest absolute Gasteiger partial charge is 0.0625 e. The summed E-state index contributed by atoms with van der Waals surface area (Å²) in [6.45, 7) is 4.27. The molecule has 82 valence electrons. The van der Waals surface area contributed by atoms with Crippen LogP contribution < -0.4 is 5.73 Å². The predicted octanol–water partition coefficient (Wildman–Crippen LogP) is 2.63. The van der Waals surface area contributed by atoms with Crippen LogP contribution in [0, 0.1) is 0 Å².